The van der Waals surface area contributed by atoms with Crippen LogP contribution >= 0.6 is 12.2 Å². The van der Waals surface area contributed by atoms with Gasteiger partial charge in [0.2, 0.25) is 10.0 Å². The van der Waals surface area contributed by atoms with Gasteiger partial charge in [-0.15, -0.1) is 0 Å². The summed E-state index contributed by atoms with van der Waals surface area (Å²) >= 11 is 5.15. The minimum Gasteiger partial charge on any atom is -0.331 e. The second-order valence-corrected chi connectivity index (χ2v) is 9.65. The highest BCUT2D eigenvalue weighted by atomic mass is 32.2. The molecule has 0 bridgehead atoms. The fourth-order valence-corrected chi connectivity index (χ4v) is 4.36. The molecule has 0 atom stereocenters. The van der Waals surface area contributed by atoms with E-state index in [1.54, 1.807) is 30.3 Å². The Morgan fingerprint density at radius 1 is 1.03 bits per heavy atom. The monoisotopic (exact) mass is 533 g/mol. The van der Waals surface area contributed by atoms with Gasteiger partial charge in [-0.2, -0.15) is 18.3 Å². The summed E-state index contributed by atoms with van der Waals surface area (Å²) in [6.45, 7) is -0.0954. The second-order valence-electron chi connectivity index (χ2n) is 7.68. The summed E-state index contributed by atoms with van der Waals surface area (Å²) in [5.74, 6) is -0.739. The normalized spacial score (nSPS) is 14.6. The first kappa shape index (κ1) is 25.3. The molecule has 0 saturated carbocycles. The Labute approximate surface area is 209 Å². The van der Waals surface area contributed by atoms with Crippen molar-refractivity contribution in [2.24, 2.45) is 10.2 Å². The fourth-order valence-electron chi connectivity index (χ4n) is 3.64. The molecule has 0 aliphatic carbocycles. The van der Waals surface area contributed by atoms with Gasteiger partial charge in [0.05, 0.1) is 22.7 Å². The number of alkyl halides is 3. The number of halogens is 3. The molecule has 4 rings (SSSR count). The highest BCUT2D eigenvalue weighted by Crippen LogP contribution is 2.42. The highest BCUT2D eigenvalue weighted by Gasteiger charge is 2.43. The van der Waals surface area contributed by atoms with Crippen LogP contribution in [-0.2, 0) is 27.5 Å². The van der Waals surface area contributed by atoms with Gasteiger partial charge in [-0.25, -0.2) is 13.6 Å². The zero-order valence-corrected chi connectivity index (χ0v) is 19.9. The molecule has 0 fully saturated rings. The minimum atomic E-state index is -4.70. The number of hydrazone groups is 1. The number of amides is 1. The lowest BCUT2D eigenvalue weighted by molar-refractivity contribution is -0.137. The third-order valence-electron chi connectivity index (χ3n) is 5.19. The van der Waals surface area contributed by atoms with Crippen molar-refractivity contribution in [3.8, 4) is 0 Å². The molecule has 4 N–H and O–H groups in total. The lowest BCUT2D eigenvalue weighted by atomic mass is 10.1. The van der Waals surface area contributed by atoms with E-state index < -0.39 is 27.7 Å². The molecular weight excluding hydrogens is 515 g/mol. The zero-order valence-electron chi connectivity index (χ0n) is 18.3. The first-order valence-corrected chi connectivity index (χ1v) is 12.2. The van der Waals surface area contributed by atoms with Gasteiger partial charge in [0, 0.05) is 11.3 Å². The molecule has 0 spiro atoms. The number of rotatable bonds is 5. The summed E-state index contributed by atoms with van der Waals surface area (Å²) < 4.78 is 64.5. The van der Waals surface area contributed by atoms with Crippen molar-refractivity contribution in [2.75, 3.05) is 10.2 Å². The van der Waals surface area contributed by atoms with Gasteiger partial charge in [0.25, 0.3) is 5.91 Å². The Balaban J connectivity index is 1.64. The highest BCUT2D eigenvalue weighted by molar-refractivity contribution is 7.89. The molecule has 13 heteroatoms. The summed E-state index contributed by atoms with van der Waals surface area (Å²) in [4.78, 5) is 14.1. The van der Waals surface area contributed by atoms with Crippen LogP contribution in [0.25, 0.3) is 0 Å². The van der Waals surface area contributed by atoms with E-state index >= 15 is 0 Å². The van der Waals surface area contributed by atoms with Crippen LogP contribution < -0.4 is 20.8 Å². The molecule has 1 aliphatic heterocycles. The summed E-state index contributed by atoms with van der Waals surface area (Å²) in [5.41, 5.74) is 1.83. The third kappa shape index (κ3) is 5.37. The first-order chi connectivity index (χ1) is 16.9. The summed E-state index contributed by atoms with van der Waals surface area (Å²) in [6, 6.07) is 17.6. The van der Waals surface area contributed by atoms with Crippen molar-refractivity contribution in [3.05, 3.63) is 89.5 Å². The van der Waals surface area contributed by atoms with E-state index in [2.05, 4.69) is 15.8 Å². The first-order valence-electron chi connectivity index (χ1n) is 10.3. The molecule has 36 heavy (non-hydrogen) atoms. The van der Waals surface area contributed by atoms with E-state index in [0.717, 1.165) is 11.0 Å². The number of nitrogens with two attached hydrogens (primary N) is 1. The second kappa shape index (κ2) is 9.68. The largest absolute Gasteiger partial charge is 0.418 e. The van der Waals surface area contributed by atoms with Gasteiger partial charge in [0.1, 0.15) is 0 Å². The van der Waals surface area contributed by atoms with E-state index in [9.17, 15) is 26.4 Å². The number of nitrogens with one attached hydrogen (secondary N) is 2. The average molecular weight is 534 g/mol. The number of anilines is 2. The van der Waals surface area contributed by atoms with E-state index in [0.29, 0.717) is 5.56 Å². The van der Waals surface area contributed by atoms with Crippen LogP contribution in [0.2, 0.25) is 0 Å². The topological polar surface area (TPSA) is 117 Å². The number of primary sulfonamides is 1. The van der Waals surface area contributed by atoms with Crippen LogP contribution in [0, 0.1) is 0 Å². The maximum absolute atomic E-state index is 13.8. The molecule has 0 radical (unpaired) electrons. The fraction of sp³-hybridized carbons (Fsp3) is 0.0870. The predicted molar refractivity (Wildman–Crippen MR) is 133 cm³/mol. The smallest absolute Gasteiger partial charge is 0.331 e. The molecule has 1 heterocycles. The van der Waals surface area contributed by atoms with Crippen molar-refractivity contribution in [1.29, 1.82) is 0 Å². The van der Waals surface area contributed by atoms with Crippen LogP contribution in [0.5, 0.6) is 0 Å². The molecule has 8 nitrogen and oxygen atoms in total. The number of carbonyl (C=O) groups is 1. The molecule has 186 valence electrons. The zero-order chi connectivity index (χ0) is 26.1. The number of para-hydroxylation sites is 1. The van der Waals surface area contributed by atoms with Crippen molar-refractivity contribution >= 4 is 50.3 Å². The summed E-state index contributed by atoms with van der Waals surface area (Å²) in [5, 5.41) is 11.7. The molecule has 1 amide bonds. The van der Waals surface area contributed by atoms with E-state index in [-0.39, 0.29) is 39.2 Å². The molecule has 3 aromatic rings. The van der Waals surface area contributed by atoms with Gasteiger partial charge in [-0.05, 0) is 42.0 Å². The Kier molecular flexibility index (Phi) is 6.80. The van der Waals surface area contributed by atoms with Crippen LogP contribution in [0.15, 0.2) is 82.8 Å². The molecule has 3 aromatic carbocycles. The lowest BCUT2D eigenvalue weighted by Gasteiger charge is -2.21. The molecule has 0 aromatic heterocycles. The van der Waals surface area contributed by atoms with Gasteiger partial charge in [-0.3, -0.25) is 10.2 Å². The molecule has 0 saturated heterocycles. The predicted octanol–water partition coefficient (Wildman–Crippen LogP) is 3.59. The van der Waals surface area contributed by atoms with Crippen LogP contribution in [-0.4, -0.2) is 25.1 Å². The Morgan fingerprint density at radius 3 is 2.39 bits per heavy atom. The van der Waals surface area contributed by atoms with Crippen LogP contribution in [0.1, 0.15) is 16.7 Å². The maximum Gasteiger partial charge on any atom is 0.418 e. The van der Waals surface area contributed by atoms with Crippen LogP contribution in [0.3, 0.4) is 0 Å². The van der Waals surface area contributed by atoms with Gasteiger partial charge in [0.15, 0.2) is 10.8 Å². The maximum atomic E-state index is 13.8. The number of benzene rings is 3. The van der Waals surface area contributed by atoms with Crippen molar-refractivity contribution < 1.29 is 26.4 Å². The summed E-state index contributed by atoms with van der Waals surface area (Å²) in [6.07, 6.45) is -4.70. The minimum absolute atomic E-state index is 0.00252. The van der Waals surface area contributed by atoms with Gasteiger partial charge in [-0.1, -0.05) is 48.5 Å². The molecule has 0 unspecified atom stereocenters. The Hall–Kier alpha value is -3.81. The van der Waals surface area contributed by atoms with Gasteiger partial charge >= 0.3 is 6.18 Å². The summed E-state index contributed by atoms with van der Waals surface area (Å²) in [7, 11) is -3.95. The lowest BCUT2D eigenvalue weighted by Crippen LogP contribution is -2.32. The Bertz CT molecular complexity index is 1480. The number of thiocarbonyl (C=S) groups is 1. The quantitative estimate of drug-likeness (QED) is 0.341. The van der Waals surface area contributed by atoms with Gasteiger partial charge < -0.3 is 10.2 Å². The van der Waals surface area contributed by atoms with E-state index in [1.807, 2.05) is 0 Å². The Morgan fingerprint density at radius 2 is 1.72 bits per heavy atom. The van der Waals surface area contributed by atoms with Crippen molar-refractivity contribution in [1.82, 2.24) is 5.43 Å². The van der Waals surface area contributed by atoms with E-state index in [1.165, 1.54) is 36.4 Å². The number of sulfonamides is 1. The van der Waals surface area contributed by atoms with Crippen molar-refractivity contribution in [2.45, 2.75) is 17.6 Å². The number of nitrogens with zero attached hydrogens (tertiary/aromatic N) is 2. The number of carbonyl (C=O) groups excluding carboxylic acids is 1. The average Bonchev–Trinajstić information content (AvgIpc) is 3.08. The SMILES string of the molecule is NS(=O)(=O)c1cccc(NC(=S)NN=C2C(=O)N(Cc3ccccc3)c3c2cccc3C(F)(F)F)c1. The van der Waals surface area contributed by atoms with E-state index in [4.69, 9.17) is 17.4 Å². The number of fused-ring (bicyclic) bond motifs is 1. The standard InChI is InChI=1S/C23H18F3N5O3S2/c24-23(25,26)18-11-5-10-17-19(21(32)31(20(17)18)13-14-6-2-1-3-7-14)29-30-22(35)28-15-8-4-9-16(12-15)36(27,33)34/h1-12H,13H2,(H2,27,33,34)(H2,28,30,35). The van der Waals surface area contributed by atoms with Crippen molar-refractivity contribution in [3.63, 3.8) is 0 Å². The molecule has 1 aliphatic rings. The third-order valence-corrected chi connectivity index (χ3v) is 6.29. The number of hydrogen-bond acceptors (Lipinski definition) is 5. The number of hydrogen-bond donors (Lipinski definition) is 3. The molecular formula is C23H18F3N5O3S2. The van der Waals surface area contributed by atoms with Crippen LogP contribution in [0.4, 0.5) is 24.5 Å².